The third kappa shape index (κ3) is 5.27. The van der Waals surface area contributed by atoms with Gasteiger partial charge in [0.2, 0.25) is 5.91 Å². The fourth-order valence-corrected chi connectivity index (χ4v) is 2.20. The van der Waals surface area contributed by atoms with Crippen molar-refractivity contribution in [3.05, 3.63) is 24.3 Å². The van der Waals surface area contributed by atoms with Crippen molar-refractivity contribution in [2.24, 2.45) is 11.7 Å². The fraction of sp³-hybridized carbons (Fsp3) is 0.562. The van der Waals surface area contributed by atoms with E-state index in [9.17, 15) is 4.79 Å². The van der Waals surface area contributed by atoms with E-state index in [4.69, 9.17) is 10.5 Å². The molecule has 0 aliphatic heterocycles. The van der Waals surface area contributed by atoms with E-state index in [0.29, 0.717) is 19.0 Å². The molecule has 1 fully saturated rings. The van der Waals surface area contributed by atoms with E-state index in [2.05, 4.69) is 10.2 Å². The second-order valence-corrected chi connectivity index (χ2v) is 5.51. The van der Waals surface area contributed by atoms with Gasteiger partial charge >= 0.3 is 0 Å². The molecule has 2 rings (SSSR count). The van der Waals surface area contributed by atoms with Crippen LogP contribution in [0.5, 0.6) is 5.75 Å². The second kappa shape index (κ2) is 7.88. The number of methoxy groups -OCH3 is 1. The van der Waals surface area contributed by atoms with Crippen molar-refractivity contribution in [3.63, 3.8) is 0 Å². The second-order valence-electron chi connectivity index (χ2n) is 5.51. The van der Waals surface area contributed by atoms with Gasteiger partial charge in [-0.1, -0.05) is 6.07 Å². The lowest BCUT2D eigenvalue weighted by Gasteiger charge is -2.24. The zero-order chi connectivity index (χ0) is 15.1. The average molecular weight is 291 g/mol. The summed E-state index contributed by atoms with van der Waals surface area (Å²) in [7, 11) is 1.64. The normalized spacial score (nSPS) is 13.8. The van der Waals surface area contributed by atoms with E-state index in [0.717, 1.165) is 30.9 Å². The Morgan fingerprint density at radius 1 is 1.48 bits per heavy atom. The summed E-state index contributed by atoms with van der Waals surface area (Å²) in [5, 5.41) is 3.01. The fourth-order valence-electron chi connectivity index (χ4n) is 2.20. The van der Waals surface area contributed by atoms with Crippen LogP contribution in [-0.2, 0) is 4.79 Å². The summed E-state index contributed by atoms with van der Waals surface area (Å²) < 4.78 is 5.25. The minimum absolute atomic E-state index is 0.0711. The van der Waals surface area contributed by atoms with E-state index in [1.54, 1.807) is 7.11 Å². The highest BCUT2D eigenvalue weighted by Gasteiger charge is 2.22. The standard InChI is InChI=1S/C16H25N3O2/c1-21-15-5-2-4-14(10-15)19(9-3-8-17)12-16(20)18-11-13-6-7-13/h2,4-5,10,13H,3,6-9,11-12,17H2,1H3,(H,18,20). The van der Waals surface area contributed by atoms with Crippen LogP contribution in [0.4, 0.5) is 5.69 Å². The van der Waals surface area contributed by atoms with Crippen molar-refractivity contribution in [2.45, 2.75) is 19.3 Å². The Morgan fingerprint density at radius 2 is 2.29 bits per heavy atom. The van der Waals surface area contributed by atoms with Gasteiger partial charge in [0.05, 0.1) is 13.7 Å². The molecule has 1 aliphatic rings. The Morgan fingerprint density at radius 3 is 2.95 bits per heavy atom. The molecular formula is C16H25N3O2. The Labute approximate surface area is 126 Å². The quantitative estimate of drug-likeness (QED) is 0.721. The largest absolute Gasteiger partial charge is 0.497 e. The molecule has 0 unspecified atom stereocenters. The highest BCUT2D eigenvalue weighted by Crippen LogP contribution is 2.27. The van der Waals surface area contributed by atoms with E-state index in [-0.39, 0.29) is 5.91 Å². The van der Waals surface area contributed by atoms with Crippen molar-refractivity contribution in [1.82, 2.24) is 5.32 Å². The Hall–Kier alpha value is -1.75. The molecule has 1 aromatic rings. The Balaban J connectivity index is 1.96. The first-order chi connectivity index (χ1) is 10.2. The third-order valence-corrected chi connectivity index (χ3v) is 3.67. The summed E-state index contributed by atoms with van der Waals surface area (Å²) in [5.74, 6) is 1.56. The summed E-state index contributed by atoms with van der Waals surface area (Å²) in [6.07, 6.45) is 3.34. The molecule has 1 saturated carbocycles. The van der Waals surface area contributed by atoms with Gasteiger partial charge in [-0.2, -0.15) is 0 Å². The number of carbonyl (C=O) groups excluding carboxylic acids is 1. The number of nitrogens with two attached hydrogens (primary N) is 1. The zero-order valence-electron chi connectivity index (χ0n) is 12.7. The molecule has 1 aliphatic carbocycles. The molecule has 0 heterocycles. The van der Waals surface area contributed by atoms with Crippen LogP contribution in [0.3, 0.4) is 0 Å². The van der Waals surface area contributed by atoms with Gasteiger partial charge in [-0.05, 0) is 43.9 Å². The SMILES string of the molecule is COc1cccc(N(CCCN)CC(=O)NCC2CC2)c1. The molecule has 0 aromatic heterocycles. The minimum atomic E-state index is 0.0711. The van der Waals surface area contributed by atoms with E-state index >= 15 is 0 Å². The van der Waals surface area contributed by atoms with E-state index in [1.165, 1.54) is 12.8 Å². The van der Waals surface area contributed by atoms with Crippen molar-refractivity contribution < 1.29 is 9.53 Å². The predicted molar refractivity (Wildman–Crippen MR) is 84.6 cm³/mol. The minimum Gasteiger partial charge on any atom is -0.497 e. The number of rotatable bonds is 9. The third-order valence-electron chi connectivity index (χ3n) is 3.67. The van der Waals surface area contributed by atoms with Gasteiger partial charge < -0.3 is 20.7 Å². The highest BCUT2D eigenvalue weighted by molar-refractivity contribution is 5.81. The molecule has 5 nitrogen and oxygen atoms in total. The number of benzene rings is 1. The molecule has 1 amide bonds. The summed E-state index contributed by atoms with van der Waals surface area (Å²) in [6.45, 7) is 2.55. The van der Waals surface area contributed by atoms with Crippen LogP contribution in [0.1, 0.15) is 19.3 Å². The van der Waals surface area contributed by atoms with Crippen molar-refractivity contribution in [3.8, 4) is 5.75 Å². The maximum absolute atomic E-state index is 12.1. The Bertz CT molecular complexity index is 461. The van der Waals surface area contributed by atoms with Gasteiger partial charge in [0.25, 0.3) is 0 Å². The first kappa shape index (κ1) is 15.6. The van der Waals surface area contributed by atoms with Crippen molar-refractivity contribution >= 4 is 11.6 Å². The van der Waals surface area contributed by atoms with E-state index < -0.39 is 0 Å². The maximum atomic E-state index is 12.1. The molecule has 116 valence electrons. The molecule has 0 bridgehead atoms. The molecule has 5 heteroatoms. The highest BCUT2D eigenvalue weighted by atomic mass is 16.5. The van der Waals surface area contributed by atoms with Gasteiger partial charge in [-0.15, -0.1) is 0 Å². The number of amides is 1. The van der Waals surface area contributed by atoms with Crippen LogP contribution in [0, 0.1) is 5.92 Å². The molecule has 21 heavy (non-hydrogen) atoms. The molecule has 0 radical (unpaired) electrons. The van der Waals surface area contributed by atoms with Crippen LogP contribution in [0.15, 0.2) is 24.3 Å². The van der Waals surface area contributed by atoms with Crippen LogP contribution < -0.4 is 20.7 Å². The monoisotopic (exact) mass is 291 g/mol. The van der Waals surface area contributed by atoms with Crippen molar-refractivity contribution in [2.75, 3.05) is 38.2 Å². The molecule has 1 aromatic carbocycles. The molecule has 3 N–H and O–H groups in total. The van der Waals surface area contributed by atoms with Gasteiger partial charge in [0.1, 0.15) is 5.75 Å². The van der Waals surface area contributed by atoms with Crippen LogP contribution in [0.25, 0.3) is 0 Å². The molecule has 0 atom stereocenters. The zero-order valence-corrected chi connectivity index (χ0v) is 12.7. The summed E-state index contributed by atoms with van der Waals surface area (Å²) >= 11 is 0. The number of anilines is 1. The van der Waals surface area contributed by atoms with Crippen LogP contribution >= 0.6 is 0 Å². The average Bonchev–Trinajstić information content (AvgIpc) is 3.33. The number of carbonyl (C=O) groups is 1. The lowest BCUT2D eigenvalue weighted by atomic mass is 10.2. The maximum Gasteiger partial charge on any atom is 0.239 e. The summed E-state index contributed by atoms with van der Waals surface area (Å²) in [4.78, 5) is 14.1. The summed E-state index contributed by atoms with van der Waals surface area (Å²) in [5.41, 5.74) is 6.59. The van der Waals surface area contributed by atoms with Gasteiger partial charge in [0, 0.05) is 24.8 Å². The summed E-state index contributed by atoms with van der Waals surface area (Å²) in [6, 6.07) is 7.78. The number of nitrogens with one attached hydrogen (secondary N) is 1. The number of hydrogen-bond donors (Lipinski definition) is 2. The first-order valence-corrected chi connectivity index (χ1v) is 7.58. The number of hydrogen-bond acceptors (Lipinski definition) is 4. The van der Waals surface area contributed by atoms with E-state index in [1.807, 2.05) is 24.3 Å². The van der Waals surface area contributed by atoms with Crippen LogP contribution in [0.2, 0.25) is 0 Å². The predicted octanol–water partition coefficient (Wildman–Crippen LogP) is 1.38. The lowest BCUT2D eigenvalue weighted by Crippen LogP contribution is -2.39. The number of nitrogens with zero attached hydrogens (tertiary/aromatic N) is 1. The topological polar surface area (TPSA) is 67.6 Å². The number of ether oxygens (including phenoxy) is 1. The van der Waals surface area contributed by atoms with Crippen molar-refractivity contribution in [1.29, 1.82) is 0 Å². The van der Waals surface area contributed by atoms with Gasteiger partial charge in [0.15, 0.2) is 0 Å². The Kier molecular flexibility index (Phi) is 5.87. The van der Waals surface area contributed by atoms with Gasteiger partial charge in [-0.25, -0.2) is 0 Å². The lowest BCUT2D eigenvalue weighted by molar-refractivity contribution is -0.119. The molecule has 0 saturated heterocycles. The smallest absolute Gasteiger partial charge is 0.239 e. The molecular weight excluding hydrogens is 266 g/mol. The van der Waals surface area contributed by atoms with Gasteiger partial charge in [-0.3, -0.25) is 4.79 Å². The van der Waals surface area contributed by atoms with Crippen LogP contribution in [-0.4, -0.2) is 39.2 Å². The first-order valence-electron chi connectivity index (χ1n) is 7.58. The molecule has 0 spiro atoms.